The van der Waals surface area contributed by atoms with Crippen LogP contribution in [-0.4, -0.2) is 37.2 Å². The summed E-state index contributed by atoms with van der Waals surface area (Å²) in [5, 5.41) is 0. The molecule has 0 aliphatic heterocycles. The molecule has 0 spiro atoms. The zero-order valence-electron chi connectivity index (χ0n) is 39.4. The van der Waals surface area contributed by atoms with Crippen LogP contribution in [-0.2, 0) is 28.6 Å². The maximum absolute atomic E-state index is 12.8. The first kappa shape index (κ1) is 57.3. The number of hydrogen-bond acceptors (Lipinski definition) is 6. The fraction of sp³-hybridized carbons (Fsp3) is 0.655. The highest BCUT2D eigenvalue weighted by Crippen LogP contribution is 2.13. The smallest absolute Gasteiger partial charge is 0.306 e. The third-order valence-electron chi connectivity index (χ3n) is 10.2. The van der Waals surface area contributed by atoms with Crippen LogP contribution >= 0.6 is 0 Å². The second-order valence-electron chi connectivity index (χ2n) is 16.1. The largest absolute Gasteiger partial charge is 0.462 e. The molecule has 0 aromatic heterocycles. The molecule has 0 aliphatic carbocycles. The summed E-state index contributed by atoms with van der Waals surface area (Å²) in [7, 11) is 0. The van der Waals surface area contributed by atoms with E-state index < -0.39 is 6.10 Å². The Bertz CT molecular complexity index is 1250. The first-order valence-corrected chi connectivity index (χ1v) is 24.8. The van der Waals surface area contributed by atoms with Gasteiger partial charge in [0, 0.05) is 19.3 Å². The van der Waals surface area contributed by atoms with Crippen molar-refractivity contribution in [3.05, 3.63) is 97.2 Å². The normalized spacial score (nSPS) is 12.9. The first-order chi connectivity index (χ1) is 30.0. The quantitative estimate of drug-likeness (QED) is 0.0200. The van der Waals surface area contributed by atoms with E-state index in [0.717, 1.165) is 109 Å². The number of rotatable bonds is 43. The maximum atomic E-state index is 12.8. The minimum absolute atomic E-state index is 0.102. The Hall–Kier alpha value is -3.67. The average Bonchev–Trinajstić information content (AvgIpc) is 3.26. The van der Waals surface area contributed by atoms with Crippen LogP contribution in [0.3, 0.4) is 0 Å². The summed E-state index contributed by atoms with van der Waals surface area (Å²) in [6.07, 6.45) is 63.8. The molecule has 0 heterocycles. The minimum atomic E-state index is -0.804. The van der Waals surface area contributed by atoms with Crippen molar-refractivity contribution in [1.82, 2.24) is 0 Å². The Labute approximate surface area is 375 Å². The third-order valence-corrected chi connectivity index (χ3v) is 10.2. The lowest BCUT2D eigenvalue weighted by Crippen LogP contribution is -2.30. The predicted octanol–water partition coefficient (Wildman–Crippen LogP) is 16.2. The van der Waals surface area contributed by atoms with Gasteiger partial charge in [0.15, 0.2) is 6.10 Å². The van der Waals surface area contributed by atoms with Crippen LogP contribution in [0, 0.1) is 0 Å². The van der Waals surface area contributed by atoms with Gasteiger partial charge in [0.2, 0.25) is 0 Å². The summed E-state index contributed by atoms with van der Waals surface area (Å²) in [5.74, 6) is -0.967. The second-order valence-corrected chi connectivity index (χ2v) is 16.1. The van der Waals surface area contributed by atoms with Crippen LogP contribution in [0.5, 0.6) is 0 Å². The molecule has 0 N–H and O–H groups in total. The molecule has 0 rings (SSSR count). The molecule has 6 heteroatoms. The monoisotopic (exact) mass is 847 g/mol. The van der Waals surface area contributed by atoms with Gasteiger partial charge >= 0.3 is 17.9 Å². The van der Waals surface area contributed by atoms with Gasteiger partial charge < -0.3 is 14.2 Å². The zero-order chi connectivity index (χ0) is 44.4. The molecule has 0 aromatic carbocycles. The summed E-state index contributed by atoms with van der Waals surface area (Å²) in [4.78, 5) is 37.9. The first-order valence-electron chi connectivity index (χ1n) is 24.8. The van der Waals surface area contributed by atoms with Gasteiger partial charge in [-0.2, -0.15) is 0 Å². The van der Waals surface area contributed by atoms with Crippen LogP contribution < -0.4 is 0 Å². The molecule has 0 aliphatic rings. The number of unbranched alkanes of at least 4 members (excludes halogenated alkanes) is 20. The standard InChI is InChI=1S/C55H90O6/c1-4-7-10-13-16-19-22-24-26-27-29-30-33-36-39-42-45-48-54(57)60-51-52(50-59-53(56)47-44-41-38-35-32-21-18-15-12-9-6-3)61-55(58)49-46-43-40-37-34-31-28-25-23-20-17-14-11-8-5-2/h8,11,14-21,23-26,28,32,52H,4-7,9-10,12-13,22,27,29-31,33-51H2,1-3H3/b11-8-,17-14-,18-15-,19-16-,23-20-,26-24-,28-25-,32-21-. The highest BCUT2D eigenvalue weighted by atomic mass is 16.6. The average molecular weight is 847 g/mol. The van der Waals surface area contributed by atoms with E-state index in [1.165, 1.54) is 64.2 Å². The summed E-state index contributed by atoms with van der Waals surface area (Å²) in [6, 6.07) is 0. The van der Waals surface area contributed by atoms with Gasteiger partial charge in [-0.3, -0.25) is 14.4 Å². The number of carbonyl (C=O) groups excluding carboxylic acids is 3. The minimum Gasteiger partial charge on any atom is -0.462 e. The third kappa shape index (κ3) is 47.2. The Balaban J connectivity index is 4.46. The maximum Gasteiger partial charge on any atom is 0.306 e. The van der Waals surface area contributed by atoms with Crippen molar-refractivity contribution in [2.45, 2.75) is 219 Å². The molecule has 0 amide bonds. The van der Waals surface area contributed by atoms with Gasteiger partial charge in [0.1, 0.15) is 13.2 Å². The van der Waals surface area contributed by atoms with E-state index in [1.807, 2.05) is 24.3 Å². The SMILES string of the molecule is CC\C=C/C=C\C=C/C=C\CCCCCCCC(=O)OC(COC(=O)CCCCC/C=C\C=C/CCCC)COC(=O)CCCCCCCCC/C=C\C/C=C\CCCCC. The molecular formula is C55H90O6. The summed E-state index contributed by atoms with van der Waals surface area (Å²) >= 11 is 0. The van der Waals surface area contributed by atoms with Crippen LogP contribution in [0.25, 0.3) is 0 Å². The molecule has 0 fully saturated rings. The molecule has 346 valence electrons. The molecule has 61 heavy (non-hydrogen) atoms. The van der Waals surface area contributed by atoms with E-state index in [-0.39, 0.29) is 31.1 Å². The number of ether oxygens (including phenoxy) is 3. The summed E-state index contributed by atoms with van der Waals surface area (Å²) < 4.78 is 16.7. The van der Waals surface area contributed by atoms with E-state index >= 15 is 0 Å². The van der Waals surface area contributed by atoms with Crippen molar-refractivity contribution in [3.8, 4) is 0 Å². The lowest BCUT2D eigenvalue weighted by molar-refractivity contribution is -0.167. The van der Waals surface area contributed by atoms with Gasteiger partial charge in [-0.1, -0.05) is 201 Å². The van der Waals surface area contributed by atoms with E-state index in [4.69, 9.17) is 14.2 Å². The lowest BCUT2D eigenvalue weighted by Gasteiger charge is -2.18. The van der Waals surface area contributed by atoms with Crippen molar-refractivity contribution in [2.75, 3.05) is 13.2 Å². The van der Waals surface area contributed by atoms with E-state index in [9.17, 15) is 14.4 Å². The molecular weight excluding hydrogens is 757 g/mol. The van der Waals surface area contributed by atoms with Crippen molar-refractivity contribution < 1.29 is 28.6 Å². The lowest BCUT2D eigenvalue weighted by atomic mass is 10.1. The van der Waals surface area contributed by atoms with Crippen LogP contribution in [0.4, 0.5) is 0 Å². The van der Waals surface area contributed by atoms with Crippen molar-refractivity contribution in [3.63, 3.8) is 0 Å². The Morgan fingerprint density at radius 1 is 0.361 bits per heavy atom. The van der Waals surface area contributed by atoms with Crippen molar-refractivity contribution in [1.29, 1.82) is 0 Å². The van der Waals surface area contributed by atoms with Crippen LogP contribution in [0.15, 0.2) is 97.2 Å². The Morgan fingerprint density at radius 3 is 1.21 bits per heavy atom. The van der Waals surface area contributed by atoms with Crippen LogP contribution in [0.2, 0.25) is 0 Å². The summed E-state index contributed by atoms with van der Waals surface area (Å²) in [5.41, 5.74) is 0. The number of esters is 3. The molecule has 1 atom stereocenters. The summed E-state index contributed by atoms with van der Waals surface area (Å²) in [6.45, 7) is 6.35. The number of carbonyl (C=O) groups is 3. The Kier molecular flexibility index (Phi) is 46.0. The fourth-order valence-corrected chi connectivity index (χ4v) is 6.40. The van der Waals surface area contributed by atoms with E-state index in [2.05, 4.69) is 93.7 Å². The highest BCUT2D eigenvalue weighted by Gasteiger charge is 2.19. The van der Waals surface area contributed by atoms with Gasteiger partial charge in [-0.25, -0.2) is 0 Å². The molecule has 0 saturated heterocycles. The van der Waals surface area contributed by atoms with E-state index in [0.29, 0.717) is 19.3 Å². The van der Waals surface area contributed by atoms with Gasteiger partial charge in [0.05, 0.1) is 0 Å². The van der Waals surface area contributed by atoms with E-state index in [1.54, 1.807) is 0 Å². The molecule has 6 nitrogen and oxygen atoms in total. The fourth-order valence-electron chi connectivity index (χ4n) is 6.40. The highest BCUT2D eigenvalue weighted by molar-refractivity contribution is 5.71. The number of allylic oxidation sites excluding steroid dienone is 16. The van der Waals surface area contributed by atoms with Crippen molar-refractivity contribution in [2.24, 2.45) is 0 Å². The molecule has 0 aromatic rings. The topological polar surface area (TPSA) is 78.9 Å². The molecule has 0 radical (unpaired) electrons. The van der Waals surface area contributed by atoms with Gasteiger partial charge in [-0.05, 0) is 89.9 Å². The van der Waals surface area contributed by atoms with Gasteiger partial charge in [0.25, 0.3) is 0 Å². The van der Waals surface area contributed by atoms with Crippen molar-refractivity contribution >= 4 is 17.9 Å². The molecule has 0 saturated carbocycles. The van der Waals surface area contributed by atoms with Crippen LogP contribution in [0.1, 0.15) is 213 Å². The predicted molar refractivity (Wildman–Crippen MR) is 260 cm³/mol. The Morgan fingerprint density at radius 2 is 0.721 bits per heavy atom. The molecule has 0 bridgehead atoms. The number of hydrogen-bond donors (Lipinski definition) is 0. The zero-order valence-corrected chi connectivity index (χ0v) is 39.4. The second kappa shape index (κ2) is 49.0. The van der Waals surface area contributed by atoms with Gasteiger partial charge in [-0.15, -0.1) is 0 Å². The molecule has 1 unspecified atom stereocenters.